The van der Waals surface area contributed by atoms with Crippen molar-refractivity contribution < 1.29 is 0 Å². The molecule has 0 saturated carbocycles. The van der Waals surface area contributed by atoms with Gasteiger partial charge in [0.2, 0.25) is 0 Å². The van der Waals surface area contributed by atoms with E-state index in [4.69, 9.17) is 5.26 Å². The summed E-state index contributed by atoms with van der Waals surface area (Å²) < 4.78 is 0.782. The van der Waals surface area contributed by atoms with E-state index in [9.17, 15) is 4.79 Å². The topological polar surface area (TPSA) is 56.6 Å². The van der Waals surface area contributed by atoms with Crippen molar-refractivity contribution in [3.8, 4) is 6.07 Å². The van der Waals surface area contributed by atoms with Gasteiger partial charge in [0.15, 0.2) is 5.43 Å². The van der Waals surface area contributed by atoms with Crippen LogP contribution in [-0.4, -0.2) is 4.98 Å². The summed E-state index contributed by atoms with van der Waals surface area (Å²) >= 11 is 3.31. The maximum Gasteiger partial charge on any atom is 0.190 e. The maximum absolute atomic E-state index is 11.5. The second-order valence-corrected chi connectivity index (χ2v) is 3.68. The number of nitriles is 1. The van der Waals surface area contributed by atoms with E-state index in [0.717, 1.165) is 4.47 Å². The Morgan fingerprint density at radius 3 is 2.93 bits per heavy atom. The minimum atomic E-state index is -0.142. The standard InChI is InChI=1S/C10H5BrN2O/c11-8-3-1-2-7-9(14)4-6(5-12)13-10(7)8/h1-4H,(H,13,14). The van der Waals surface area contributed by atoms with Crippen LogP contribution in [0.1, 0.15) is 5.69 Å². The van der Waals surface area contributed by atoms with Crippen LogP contribution in [0, 0.1) is 11.3 Å². The van der Waals surface area contributed by atoms with Crippen LogP contribution < -0.4 is 5.43 Å². The van der Waals surface area contributed by atoms with E-state index < -0.39 is 0 Å². The molecule has 3 nitrogen and oxygen atoms in total. The molecule has 0 bridgehead atoms. The zero-order valence-electron chi connectivity index (χ0n) is 7.04. The van der Waals surface area contributed by atoms with Gasteiger partial charge in [-0.1, -0.05) is 6.07 Å². The van der Waals surface area contributed by atoms with Crippen LogP contribution in [0.15, 0.2) is 33.5 Å². The highest BCUT2D eigenvalue weighted by atomic mass is 79.9. The first-order chi connectivity index (χ1) is 6.72. The smallest absolute Gasteiger partial charge is 0.190 e. The number of benzene rings is 1. The Hall–Kier alpha value is -1.60. The van der Waals surface area contributed by atoms with Gasteiger partial charge < -0.3 is 4.98 Å². The van der Waals surface area contributed by atoms with Crippen molar-refractivity contribution in [2.24, 2.45) is 0 Å². The zero-order valence-corrected chi connectivity index (χ0v) is 8.63. The normalized spacial score (nSPS) is 10.0. The molecule has 0 unspecified atom stereocenters. The molecule has 0 spiro atoms. The number of fused-ring (bicyclic) bond motifs is 1. The van der Waals surface area contributed by atoms with Crippen molar-refractivity contribution in [1.82, 2.24) is 4.98 Å². The van der Waals surface area contributed by atoms with E-state index in [1.165, 1.54) is 6.07 Å². The number of rotatable bonds is 0. The summed E-state index contributed by atoms with van der Waals surface area (Å²) in [6, 6.07) is 8.54. The molecular weight excluding hydrogens is 244 g/mol. The molecule has 0 fully saturated rings. The number of pyridine rings is 1. The number of H-pyrrole nitrogens is 1. The van der Waals surface area contributed by atoms with Crippen LogP contribution in [0.5, 0.6) is 0 Å². The zero-order chi connectivity index (χ0) is 10.1. The molecule has 1 N–H and O–H groups in total. The summed E-state index contributed by atoms with van der Waals surface area (Å²) in [6.07, 6.45) is 0. The molecule has 0 radical (unpaired) electrons. The lowest BCUT2D eigenvalue weighted by Gasteiger charge is -1.99. The number of nitrogens with one attached hydrogen (secondary N) is 1. The molecule has 1 aromatic heterocycles. The van der Waals surface area contributed by atoms with Crippen LogP contribution in [0.25, 0.3) is 10.9 Å². The van der Waals surface area contributed by atoms with Gasteiger partial charge in [0.1, 0.15) is 11.8 Å². The van der Waals surface area contributed by atoms with Crippen LogP contribution in [0.3, 0.4) is 0 Å². The molecule has 1 heterocycles. The summed E-state index contributed by atoms with van der Waals surface area (Å²) in [6.45, 7) is 0. The molecule has 2 rings (SSSR count). The van der Waals surface area contributed by atoms with Gasteiger partial charge in [-0.3, -0.25) is 4.79 Å². The molecule has 2 aromatic rings. The predicted octanol–water partition coefficient (Wildman–Crippen LogP) is 2.16. The van der Waals surface area contributed by atoms with Crippen molar-refractivity contribution in [3.05, 3.63) is 44.7 Å². The number of aromatic amines is 1. The summed E-state index contributed by atoms with van der Waals surface area (Å²) in [5, 5.41) is 9.26. The van der Waals surface area contributed by atoms with E-state index in [0.29, 0.717) is 10.9 Å². The van der Waals surface area contributed by atoms with Crippen LogP contribution in [0.4, 0.5) is 0 Å². The van der Waals surface area contributed by atoms with Gasteiger partial charge in [0, 0.05) is 15.9 Å². The van der Waals surface area contributed by atoms with E-state index >= 15 is 0 Å². The molecule has 1 aromatic carbocycles. The minimum Gasteiger partial charge on any atom is -0.345 e. The molecule has 14 heavy (non-hydrogen) atoms. The molecule has 68 valence electrons. The SMILES string of the molecule is N#Cc1cc(=O)c2cccc(Br)c2[nH]1. The Labute approximate surface area is 88.1 Å². The number of aromatic nitrogens is 1. The number of halogens is 1. The Morgan fingerprint density at radius 2 is 2.21 bits per heavy atom. The monoisotopic (exact) mass is 248 g/mol. The van der Waals surface area contributed by atoms with Crippen molar-refractivity contribution in [2.75, 3.05) is 0 Å². The van der Waals surface area contributed by atoms with Gasteiger partial charge in [-0.2, -0.15) is 5.26 Å². The van der Waals surface area contributed by atoms with E-state index in [2.05, 4.69) is 20.9 Å². The Kier molecular flexibility index (Phi) is 2.10. The van der Waals surface area contributed by atoms with Crippen LogP contribution in [-0.2, 0) is 0 Å². The average Bonchev–Trinajstić information content (AvgIpc) is 2.19. The number of hydrogen-bond acceptors (Lipinski definition) is 2. The lowest BCUT2D eigenvalue weighted by atomic mass is 10.2. The van der Waals surface area contributed by atoms with Crippen molar-refractivity contribution in [2.45, 2.75) is 0 Å². The Morgan fingerprint density at radius 1 is 1.43 bits per heavy atom. The third-order valence-corrected chi connectivity index (χ3v) is 2.60. The summed E-state index contributed by atoms with van der Waals surface area (Å²) in [5.41, 5.74) is 0.794. The van der Waals surface area contributed by atoms with Crippen LogP contribution >= 0.6 is 15.9 Å². The molecule has 0 aliphatic rings. The molecule has 0 saturated heterocycles. The van der Waals surface area contributed by atoms with Gasteiger partial charge in [-0.25, -0.2) is 0 Å². The fourth-order valence-electron chi connectivity index (χ4n) is 1.30. The number of hydrogen-bond donors (Lipinski definition) is 1. The molecule has 0 atom stereocenters. The molecule has 4 heteroatoms. The second-order valence-electron chi connectivity index (χ2n) is 2.82. The lowest BCUT2D eigenvalue weighted by molar-refractivity contribution is 1.30. The van der Waals surface area contributed by atoms with E-state index in [1.807, 2.05) is 12.1 Å². The van der Waals surface area contributed by atoms with Crippen molar-refractivity contribution in [3.63, 3.8) is 0 Å². The van der Waals surface area contributed by atoms with E-state index in [1.54, 1.807) is 12.1 Å². The molecule has 0 aliphatic carbocycles. The summed E-state index contributed by atoms with van der Waals surface area (Å²) in [7, 11) is 0. The fourth-order valence-corrected chi connectivity index (χ4v) is 1.76. The van der Waals surface area contributed by atoms with Gasteiger partial charge in [-0.05, 0) is 28.1 Å². The molecular formula is C10H5BrN2O. The van der Waals surface area contributed by atoms with Gasteiger partial charge >= 0.3 is 0 Å². The minimum absolute atomic E-state index is 0.142. The first-order valence-electron chi connectivity index (χ1n) is 3.94. The Balaban J connectivity index is 3.00. The third-order valence-electron chi connectivity index (χ3n) is 1.93. The fraction of sp³-hybridized carbons (Fsp3) is 0. The van der Waals surface area contributed by atoms with Crippen molar-refractivity contribution >= 4 is 26.8 Å². The van der Waals surface area contributed by atoms with Crippen LogP contribution in [0.2, 0.25) is 0 Å². The quantitative estimate of drug-likeness (QED) is 0.777. The van der Waals surface area contributed by atoms with Crippen molar-refractivity contribution in [1.29, 1.82) is 5.26 Å². The highest BCUT2D eigenvalue weighted by molar-refractivity contribution is 9.10. The second kappa shape index (κ2) is 3.28. The van der Waals surface area contributed by atoms with Gasteiger partial charge in [0.05, 0.1) is 5.52 Å². The maximum atomic E-state index is 11.5. The highest BCUT2D eigenvalue weighted by Gasteiger charge is 2.03. The molecule has 0 amide bonds. The average molecular weight is 249 g/mol. The largest absolute Gasteiger partial charge is 0.345 e. The summed E-state index contributed by atoms with van der Waals surface area (Å²) in [4.78, 5) is 14.4. The predicted molar refractivity (Wildman–Crippen MR) is 57.0 cm³/mol. The van der Waals surface area contributed by atoms with Gasteiger partial charge in [0.25, 0.3) is 0 Å². The third kappa shape index (κ3) is 1.32. The molecule has 0 aliphatic heterocycles. The number of nitrogens with zero attached hydrogens (tertiary/aromatic N) is 1. The first-order valence-corrected chi connectivity index (χ1v) is 4.73. The van der Waals surface area contributed by atoms with E-state index in [-0.39, 0.29) is 11.1 Å². The first kappa shape index (κ1) is 8.97. The Bertz CT molecular complexity index is 595. The summed E-state index contributed by atoms with van der Waals surface area (Å²) in [5.74, 6) is 0. The van der Waals surface area contributed by atoms with Gasteiger partial charge in [-0.15, -0.1) is 0 Å². The lowest BCUT2D eigenvalue weighted by Crippen LogP contribution is -2.03. The number of para-hydroxylation sites is 1. The highest BCUT2D eigenvalue weighted by Crippen LogP contribution is 2.19.